The van der Waals surface area contributed by atoms with Crippen molar-refractivity contribution in [2.45, 2.75) is 56.3 Å². The fourth-order valence-corrected chi connectivity index (χ4v) is 6.29. The maximum absolute atomic E-state index is 14.3. The van der Waals surface area contributed by atoms with Gasteiger partial charge in [0.1, 0.15) is 0 Å². The molecule has 1 radical (unpaired) electrons. The molecule has 0 bridgehead atoms. The van der Waals surface area contributed by atoms with Gasteiger partial charge in [0.2, 0.25) is 0 Å². The predicted molar refractivity (Wildman–Crippen MR) is 139 cm³/mol. The number of ether oxygens (including phenoxy) is 1. The van der Waals surface area contributed by atoms with E-state index in [1.54, 1.807) is 25.7 Å². The van der Waals surface area contributed by atoms with Crippen LogP contribution in [-0.2, 0) is 16.3 Å². The number of hydrogen-bond donors (Lipinski definition) is 0. The van der Waals surface area contributed by atoms with E-state index < -0.39 is 22.8 Å². The SMILES string of the molecule is COC1CC([C]2N=NC=[N+]2C)(c2cccc(-n3cc4c(C(F)(F)F)cc([C@@H](C)N5CCCC5)cn4c3=O)c2)C1. The van der Waals surface area contributed by atoms with Crippen molar-refractivity contribution in [2.24, 2.45) is 10.2 Å². The summed E-state index contributed by atoms with van der Waals surface area (Å²) in [7, 11) is 3.55. The van der Waals surface area contributed by atoms with Gasteiger partial charge in [-0.2, -0.15) is 13.2 Å². The molecule has 1 aromatic carbocycles. The van der Waals surface area contributed by atoms with Crippen LogP contribution < -0.4 is 5.69 Å². The van der Waals surface area contributed by atoms with Crippen molar-refractivity contribution in [1.29, 1.82) is 0 Å². The molecule has 2 fully saturated rings. The number of likely N-dealkylation sites (tertiary alicyclic amines) is 1. The molecule has 1 saturated heterocycles. The van der Waals surface area contributed by atoms with Crippen LogP contribution in [0, 0.1) is 6.17 Å². The van der Waals surface area contributed by atoms with Crippen molar-refractivity contribution < 1.29 is 22.5 Å². The maximum atomic E-state index is 14.3. The Hall–Kier alpha value is -3.31. The van der Waals surface area contributed by atoms with Gasteiger partial charge in [0, 0.05) is 25.5 Å². The first-order valence-electron chi connectivity index (χ1n) is 13.2. The highest BCUT2D eigenvalue weighted by Crippen LogP contribution is 2.53. The number of aromatic nitrogens is 2. The van der Waals surface area contributed by atoms with Gasteiger partial charge in [0.15, 0.2) is 0 Å². The Morgan fingerprint density at radius 2 is 1.90 bits per heavy atom. The summed E-state index contributed by atoms with van der Waals surface area (Å²) in [6, 6.07) is 8.35. The number of alkyl halides is 3. The van der Waals surface area contributed by atoms with Crippen molar-refractivity contribution in [3.8, 4) is 5.69 Å². The second kappa shape index (κ2) is 9.41. The van der Waals surface area contributed by atoms with Crippen LogP contribution in [0.5, 0.6) is 0 Å². The summed E-state index contributed by atoms with van der Waals surface area (Å²) < 4.78 is 52.6. The summed E-state index contributed by atoms with van der Waals surface area (Å²) in [5.74, 6) is 0. The number of likely N-dealkylation sites (N-methyl/N-ethyl adjacent to an activating group) is 1. The predicted octanol–water partition coefficient (Wildman–Crippen LogP) is 4.94. The monoisotopic (exact) mass is 540 g/mol. The number of rotatable bonds is 6. The number of nitrogens with zero attached hydrogens (tertiary/aromatic N) is 6. The van der Waals surface area contributed by atoms with Gasteiger partial charge < -0.3 is 4.74 Å². The third-order valence-electron chi connectivity index (χ3n) is 8.57. The van der Waals surface area contributed by atoms with E-state index in [1.165, 1.54) is 16.8 Å². The van der Waals surface area contributed by atoms with Gasteiger partial charge in [-0.3, -0.25) is 13.9 Å². The number of methoxy groups -OCH3 is 1. The number of azo groups is 1. The van der Waals surface area contributed by atoms with Gasteiger partial charge in [0.25, 0.3) is 0 Å². The molecule has 4 heterocycles. The summed E-state index contributed by atoms with van der Waals surface area (Å²) in [6.45, 7) is 3.57. The first-order valence-corrected chi connectivity index (χ1v) is 13.2. The highest BCUT2D eigenvalue weighted by atomic mass is 19.4. The van der Waals surface area contributed by atoms with Crippen molar-refractivity contribution in [2.75, 3.05) is 27.2 Å². The number of benzene rings is 1. The van der Waals surface area contributed by atoms with Gasteiger partial charge in [-0.25, -0.2) is 9.37 Å². The molecule has 6 rings (SSSR count). The molecule has 1 aliphatic carbocycles. The third-order valence-corrected chi connectivity index (χ3v) is 8.57. The minimum absolute atomic E-state index is 0.0514. The van der Waals surface area contributed by atoms with E-state index in [1.807, 2.05) is 36.7 Å². The van der Waals surface area contributed by atoms with Crippen LogP contribution >= 0.6 is 0 Å². The molecule has 39 heavy (non-hydrogen) atoms. The molecule has 3 aliphatic rings. The molecule has 2 aromatic heterocycles. The minimum atomic E-state index is -4.61. The lowest BCUT2D eigenvalue weighted by molar-refractivity contribution is -0.489. The zero-order valence-corrected chi connectivity index (χ0v) is 22.1. The van der Waals surface area contributed by atoms with E-state index in [0.717, 1.165) is 42.1 Å². The van der Waals surface area contributed by atoms with Gasteiger partial charge in [-0.05, 0) is 80.1 Å². The third kappa shape index (κ3) is 4.22. The van der Waals surface area contributed by atoms with Crippen LogP contribution in [0.25, 0.3) is 11.2 Å². The molecule has 0 spiro atoms. The Balaban J connectivity index is 1.46. The summed E-state index contributed by atoms with van der Waals surface area (Å²) >= 11 is 0. The molecular formula is C28H31F3N6O2+. The van der Waals surface area contributed by atoms with Gasteiger partial charge in [-0.15, -0.1) is 0 Å². The van der Waals surface area contributed by atoms with Gasteiger partial charge in [-0.1, -0.05) is 12.1 Å². The van der Waals surface area contributed by atoms with Gasteiger partial charge in [0.05, 0.1) is 40.4 Å². The van der Waals surface area contributed by atoms with E-state index in [0.29, 0.717) is 24.1 Å². The summed E-state index contributed by atoms with van der Waals surface area (Å²) in [6.07, 6.45) is 4.13. The van der Waals surface area contributed by atoms with Crippen molar-refractivity contribution >= 4 is 11.9 Å². The molecule has 0 amide bonds. The molecule has 205 valence electrons. The Morgan fingerprint density at radius 1 is 1.15 bits per heavy atom. The molecule has 2 aliphatic heterocycles. The second-order valence-electron chi connectivity index (χ2n) is 10.8. The molecule has 0 unspecified atom stereocenters. The lowest BCUT2D eigenvalue weighted by atomic mass is 9.60. The average Bonchev–Trinajstić information content (AvgIpc) is 3.64. The summed E-state index contributed by atoms with van der Waals surface area (Å²) in [5.41, 5.74) is -0.111. The quantitative estimate of drug-likeness (QED) is 0.416. The van der Waals surface area contributed by atoms with Crippen molar-refractivity contribution in [1.82, 2.24) is 13.9 Å². The number of imidazole rings is 1. The second-order valence-corrected chi connectivity index (χ2v) is 10.8. The highest BCUT2D eigenvalue weighted by molar-refractivity contribution is 5.58. The Bertz CT molecular complexity index is 1530. The Morgan fingerprint density at radius 3 is 2.54 bits per heavy atom. The minimum Gasteiger partial charge on any atom is -0.381 e. The van der Waals surface area contributed by atoms with Crippen molar-refractivity contribution in [3.05, 3.63) is 76.1 Å². The molecule has 1 saturated carbocycles. The van der Waals surface area contributed by atoms with Crippen molar-refractivity contribution in [3.63, 3.8) is 0 Å². The van der Waals surface area contributed by atoms with E-state index in [2.05, 4.69) is 15.1 Å². The summed E-state index contributed by atoms with van der Waals surface area (Å²) in [4.78, 5) is 15.8. The fraction of sp³-hybridized carbons (Fsp3) is 0.464. The van der Waals surface area contributed by atoms with E-state index in [9.17, 15) is 18.0 Å². The smallest absolute Gasteiger partial charge is 0.381 e. The van der Waals surface area contributed by atoms with Crippen LogP contribution in [0.15, 0.2) is 57.7 Å². The normalized spacial score (nSPS) is 24.9. The lowest BCUT2D eigenvalue weighted by Gasteiger charge is -2.46. The number of hydrogen-bond acceptors (Lipinski definition) is 5. The fourth-order valence-electron chi connectivity index (χ4n) is 6.29. The molecule has 8 nitrogen and oxygen atoms in total. The first kappa shape index (κ1) is 25.9. The summed E-state index contributed by atoms with van der Waals surface area (Å²) in [5, 5.41) is 8.42. The maximum Gasteiger partial charge on any atom is 0.418 e. The molecular weight excluding hydrogens is 509 g/mol. The number of fused-ring (bicyclic) bond motifs is 1. The van der Waals surface area contributed by atoms with E-state index in [4.69, 9.17) is 4.74 Å². The molecule has 3 aromatic rings. The van der Waals surface area contributed by atoms with Crippen LogP contribution in [-0.4, -0.2) is 58.1 Å². The molecule has 1 atom stereocenters. The number of pyridine rings is 1. The largest absolute Gasteiger partial charge is 0.418 e. The highest BCUT2D eigenvalue weighted by Gasteiger charge is 2.58. The van der Waals surface area contributed by atoms with Crippen LogP contribution in [0.3, 0.4) is 0 Å². The standard InChI is InChI=1S/C28H31F3N6O2/c1-18(35-9-4-5-10-35)19-11-23(28(29,30)31)24-16-36(26(38)37(24)15-19)21-8-6-7-20(12-21)27(13-22(14-27)39-3)25-33-32-17-34(25)2/h6-8,11-12,15-18,22H,4-5,9-10,13-14H2,1-3H3/q+1/t18-,22?,27?/m1/s1. The lowest BCUT2D eigenvalue weighted by Crippen LogP contribution is -2.51. The first-order chi connectivity index (χ1) is 18.6. The molecule has 0 N–H and O–H groups in total. The van der Waals surface area contributed by atoms with E-state index >= 15 is 0 Å². The van der Waals surface area contributed by atoms with Crippen LogP contribution in [0.2, 0.25) is 0 Å². The van der Waals surface area contributed by atoms with Crippen LogP contribution in [0.4, 0.5) is 13.2 Å². The zero-order chi connectivity index (χ0) is 27.5. The topological polar surface area (TPSA) is 66.6 Å². The zero-order valence-electron chi connectivity index (χ0n) is 22.1. The Labute approximate surface area is 224 Å². The number of halogens is 3. The molecule has 11 heteroatoms. The van der Waals surface area contributed by atoms with Crippen LogP contribution in [0.1, 0.15) is 55.3 Å². The van der Waals surface area contributed by atoms with Gasteiger partial charge >= 0.3 is 24.4 Å². The Kier molecular flexibility index (Phi) is 6.26. The average molecular weight is 541 g/mol. The van der Waals surface area contributed by atoms with E-state index in [-0.39, 0.29) is 17.7 Å².